The van der Waals surface area contributed by atoms with Crippen molar-refractivity contribution in [3.05, 3.63) is 53.7 Å². The molecule has 0 fully saturated rings. The largest absolute Gasteiger partial charge is 0.486 e. The van der Waals surface area contributed by atoms with Gasteiger partial charge < -0.3 is 16.2 Å². The second-order valence-corrected chi connectivity index (χ2v) is 5.94. The first-order valence-corrected chi connectivity index (χ1v) is 8.01. The number of nitrogen functional groups attached to an aromatic ring is 2. The average molecular weight is 347 g/mol. The van der Waals surface area contributed by atoms with Gasteiger partial charge in [0.15, 0.2) is 11.3 Å². The summed E-state index contributed by atoms with van der Waals surface area (Å²) in [5, 5.41) is 10.5. The van der Waals surface area contributed by atoms with Crippen molar-refractivity contribution < 1.29 is 4.74 Å². The predicted octanol–water partition coefficient (Wildman–Crippen LogP) is 2.47. The highest BCUT2D eigenvalue weighted by Crippen LogP contribution is 2.26. The Bertz CT molecular complexity index is 1070. The number of nitrogens with two attached hydrogens (primary N) is 2. The molecule has 0 atom stereocenters. The third-order valence-corrected chi connectivity index (χ3v) is 4.12. The highest BCUT2D eigenvalue weighted by Gasteiger charge is 2.11. The van der Waals surface area contributed by atoms with E-state index in [9.17, 15) is 0 Å². The Kier molecular flexibility index (Phi) is 3.85. The number of nitrogens with zero attached hydrogens (tertiary/aromatic N) is 4. The van der Waals surface area contributed by atoms with Gasteiger partial charge in [-0.05, 0) is 35.7 Å². The Balaban J connectivity index is 1.57. The number of benzene rings is 1. The van der Waals surface area contributed by atoms with Gasteiger partial charge in [0.25, 0.3) is 0 Å². The van der Waals surface area contributed by atoms with E-state index >= 15 is 0 Å². The highest BCUT2D eigenvalue weighted by molar-refractivity contribution is 5.78. The van der Waals surface area contributed by atoms with Crippen molar-refractivity contribution in [2.75, 3.05) is 11.5 Å². The zero-order valence-electron chi connectivity index (χ0n) is 14.1. The Hall–Kier alpha value is -3.68. The van der Waals surface area contributed by atoms with E-state index in [1.165, 1.54) is 0 Å². The number of ether oxygens (including phenoxy) is 1. The van der Waals surface area contributed by atoms with Gasteiger partial charge in [0, 0.05) is 17.8 Å². The van der Waals surface area contributed by atoms with Crippen LogP contribution in [0.1, 0.15) is 11.1 Å². The molecule has 0 saturated heterocycles. The third-order valence-electron chi connectivity index (χ3n) is 4.12. The molecule has 5 N–H and O–H groups in total. The highest BCUT2D eigenvalue weighted by atomic mass is 16.5. The van der Waals surface area contributed by atoms with Gasteiger partial charge in [-0.1, -0.05) is 18.2 Å². The van der Waals surface area contributed by atoms with Crippen LogP contribution in [0, 0.1) is 6.92 Å². The van der Waals surface area contributed by atoms with E-state index < -0.39 is 0 Å². The molecule has 0 bridgehead atoms. The molecule has 4 aromatic rings. The van der Waals surface area contributed by atoms with Crippen LogP contribution < -0.4 is 16.2 Å². The summed E-state index contributed by atoms with van der Waals surface area (Å²) in [4.78, 5) is 8.23. The van der Waals surface area contributed by atoms with Crippen LogP contribution in [0.3, 0.4) is 0 Å². The van der Waals surface area contributed by atoms with Gasteiger partial charge in [-0.2, -0.15) is 10.3 Å². The van der Waals surface area contributed by atoms with Crippen molar-refractivity contribution in [2.45, 2.75) is 13.5 Å². The lowest BCUT2D eigenvalue weighted by Crippen LogP contribution is -2.00. The molecular formula is C18H17N7O. The first kappa shape index (κ1) is 15.8. The number of aryl methyl sites for hydroxylation is 1. The fraction of sp³-hybridized carbons (Fsp3) is 0.111. The number of aromatic nitrogens is 5. The predicted molar refractivity (Wildman–Crippen MR) is 99.3 cm³/mol. The number of hydrogen-bond donors (Lipinski definition) is 3. The molecule has 0 spiro atoms. The molecule has 0 amide bonds. The summed E-state index contributed by atoms with van der Waals surface area (Å²) in [6, 6.07) is 11.6. The van der Waals surface area contributed by atoms with Gasteiger partial charge in [-0.25, -0.2) is 9.97 Å². The molecule has 1 aromatic carbocycles. The van der Waals surface area contributed by atoms with Crippen molar-refractivity contribution in [1.29, 1.82) is 0 Å². The van der Waals surface area contributed by atoms with E-state index in [4.69, 9.17) is 16.2 Å². The van der Waals surface area contributed by atoms with Gasteiger partial charge in [0.1, 0.15) is 18.2 Å². The summed E-state index contributed by atoms with van der Waals surface area (Å²) in [7, 11) is 0. The summed E-state index contributed by atoms with van der Waals surface area (Å²) >= 11 is 0. The lowest BCUT2D eigenvalue weighted by Gasteiger charge is -2.11. The summed E-state index contributed by atoms with van der Waals surface area (Å²) in [5.41, 5.74) is 16.7. The number of H-pyrrole nitrogens is 1. The van der Waals surface area contributed by atoms with Gasteiger partial charge in [-0.3, -0.25) is 0 Å². The lowest BCUT2D eigenvalue weighted by atomic mass is 10.0. The average Bonchev–Trinajstić information content (AvgIpc) is 3.09. The number of nitrogens with one attached hydrogen (secondary N) is 1. The maximum absolute atomic E-state index is 5.92. The molecule has 0 aliphatic carbocycles. The van der Waals surface area contributed by atoms with Gasteiger partial charge in [0.2, 0.25) is 5.65 Å². The van der Waals surface area contributed by atoms with Crippen LogP contribution in [0.5, 0.6) is 5.75 Å². The van der Waals surface area contributed by atoms with Gasteiger partial charge in [-0.15, -0.1) is 5.10 Å². The van der Waals surface area contributed by atoms with E-state index in [0.29, 0.717) is 35.2 Å². The third kappa shape index (κ3) is 3.00. The fourth-order valence-electron chi connectivity index (χ4n) is 2.70. The summed E-state index contributed by atoms with van der Waals surface area (Å²) in [5.74, 6) is 1.39. The molecule has 3 heterocycles. The zero-order valence-corrected chi connectivity index (χ0v) is 14.1. The second-order valence-electron chi connectivity index (χ2n) is 5.94. The molecule has 130 valence electrons. The fourth-order valence-corrected chi connectivity index (χ4v) is 2.70. The minimum Gasteiger partial charge on any atom is -0.486 e. The van der Waals surface area contributed by atoms with Gasteiger partial charge >= 0.3 is 0 Å². The van der Waals surface area contributed by atoms with Crippen molar-refractivity contribution in [1.82, 2.24) is 25.4 Å². The molecule has 8 nitrogen and oxygen atoms in total. The molecule has 0 aliphatic heterocycles. The van der Waals surface area contributed by atoms with E-state index in [-0.39, 0.29) is 0 Å². The van der Waals surface area contributed by atoms with E-state index in [0.717, 1.165) is 22.3 Å². The molecule has 3 aromatic heterocycles. The molecule has 0 radical (unpaired) electrons. The first-order valence-electron chi connectivity index (χ1n) is 8.01. The number of fused-ring (bicyclic) bond motifs is 1. The van der Waals surface area contributed by atoms with Crippen molar-refractivity contribution in [3.8, 4) is 16.9 Å². The Morgan fingerprint density at radius 2 is 1.85 bits per heavy atom. The van der Waals surface area contributed by atoms with Crippen molar-refractivity contribution >= 4 is 22.8 Å². The number of anilines is 2. The standard InChI is InChI=1S/C18H17N7O/c1-10-6-11(12-4-5-15(19)21-8-12)2-3-13(10)9-26-14-7-16(20)22-18-17(14)23-25-24-18/h2-8H,9H2,1H3,(H2,19,21)(H3,20,22,23,24,25). The minimum absolute atomic E-state index is 0.337. The molecule has 0 aliphatic rings. The van der Waals surface area contributed by atoms with Crippen LogP contribution in [0.4, 0.5) is 11.6 Å². The van der Waals surface area contributed by atoms with Gasteiger partial charge in [0.05, 0.1) is 0 Å². The van der Waals surface area contributed by atoms with Crippen molar-refractivity contribution in [3.63, 3.8) is 0 Å². The number of hydrogen-bond acceptors (Lipinski definition) is 7. The SMILES string of the molecule is Cc1cc(-c2ccc(N)nc2)ccc1COc1cc(N)nc2n[nH]nc12. The Morgan fingerprint density at radius 3 is 2.62 bits per heavy atom. The number of rotatable bonds is 4. The topological polar surface area (TPSA) is 129 Å². The molecular weight excluding hydrogens is 330 g/mol. The van der Waals surface area contributed by atoms with Crippen LogP contribution in [-0.2, 0) is 6.61 Å². The van der Waals surface area contributed by atoms with E-state index in [1.54, 1.807) is 18.3 Å². The number of aromatic amines is 1. The second kappa shape index (κ2) is 6.32. The Labute approximate surface area is 149 Å². The quantitative estimate of drug-likeness (QED) is 0.517. The maximum atomic E-state index is 5.92. The molecule has 0 saturated carbocycles. The molecule has 4 rings (SSSR count). The maximum Gasteiger partial charge on any atom is 0.207 e. The minimum atomic E-state index is 0.337. The first-order chi connectivity index (χ1) is 12.6. The van der Waals surface area contributed by atoms with E-state index in [1.807, 2.05) is 25.1 Å². The number of pyridine rings is 2. The summed E-state index contributed by atoms with van der Waals surface area (Å²) in [6.07, 6.45) is 1.77. The van der Waals surface area contributed by atoms with E-state index in [2.05, 4.69) is 31.4 Å². The van der Waals surface area contributed by atoms with Crippen LogP contribution in [-0.4, -0.2) is 25.4 Å². The zero-order chi connectivity index (χ0) is 18.1. The summed E-state index contributed by atoms with van der Waals surface area (Å²) < 4.78 is 5.92. The normalized spacial score (nSPS) is 11.0. The van der Waals surface area contributed by atoms with Crippen LogP contribution in [0.25, 0.3) is 22.3 Å². The lowest BCUT2D eigenvalue weighted by molar-refractivity contribution is 0.308. The Morgan fingerprint density at radius 1 is 1.00 bits per heavy atom. The molecule has 8 heteroatoms. The van der Waals surface area contributed by atoms with Crippen molar-refractivity contribution in [2.24, 2.45) is 0 Å². The smallest absolute Gasteiger partial charge is 0.207 e. The van der Waals surface area contributed by atoms with Crippen LogP contribution in [0.2, 0.25) is 0 Å². The van der Waals surface area contributed by atoms with Crippen LogP contribution >= 0.6 is 0 Å². The summed E-state index contributed by atoms with van der Waals surface area (Å²) in [6.45, 7) is 2.43. The monoisotopic (exact) mass is 347 g/mol. The van der Waals surface area contributed by atoms with Crippen LogP contribution in [0.15, 0.2) is 42.6 Å². The molecule has 26 heavy (non-hydrogen) atoms. The molecule has 0 unspecified atom stereocenters.